The Morgan fingerprint density at radius 1 is 1.24 bits per heavy atom. The van der Waals surface area contributed by atoms with Crippen LogP contribution < -0.4 is 5.32 Å². The lowest BCUT2D eigenvalue weighted by atomic mass is 10.2. The Kier molecular flexibility index (Phi) is 8.00. The van der Waals surface area contributed by atoms with Crippen LogP contribution in [0.2, 0.25) is 0 Å². The van der Waals surface area contributed by atoms with Gasteiger partial charge in [0.25, 0.3) is 0 Å². The van der Waals surface area contributed by atoms with Crippen molar-refractivity contribution in [2.75, 3.05) is 32.6 Å². The molecule has 0 bridgehead atoms. The molecule has 8 heteroatoms. The molecule has 1 aromatic heterocycles. The van der Waals surface area contributed by atoms with Gasteiger partial charge in [0.05, 0.1) is 24.5 Å². The molecule has 0 atom stereocenters. The zero-order chi connectivity index (χ0) is 17.9. The number of benzene rings is 1. The third-order valence-electron chi connectivity index (χ3n) is 3.21. The van der Waals surface area contributed by atoms with E-state index >= 15 is 0 Å². The van der Waals surface area contributed by atoms with E-state index in [-0.39, 0.29) is 18.3 Å². The number of amides is 1. The van der Waals surface area contributed by atoms with Crippen LogP contribution in [-0.2, 0) is 20.8 Å². The van der Waals surface area contributed by atoms with Crippen LogP contribution in [0.3, 0.4) is 0 Å². The van der Waals surface area contributed by atoms with Gasteiger partial charge in [0.2, 0.25) is 5.91 Å². The minimum absolute atomic E-state index is 0.107. The van der Waals surface area contributed by atoms with Crippen LogP contribution in [0, 0.1) is 0 Å². The van der Waals surface area contributed by atoms with Gasteiger partial charge in [-0.3, -0.25) is 9.48 Å². The molecule has 25 heavy (non-hydrogen) atoms. The molecule has 0 saturated carbocycles. The minimum Gasteiger partial charge on any atom is -0.460 e. The first-order valence-corrected chi connectivity index (χ1v) is 8.81. The summed E-state index contributed by atoms with van der Waals surface area (Å²) in [6.45, 7) is 1.66. The first-order valence-electron chi connectivity index (χ1n) is 7.82. The largest absolute Gasteiger partial charge is 0.460 e. The molecule has 0 unspecified atom stereocenters. The van der Waals surface area contributed by atoms with Crippen molar-refractivity contribution >= 4 is 23.6 Å². The van der Waals surface area contributed by atoms with Gasteiger partial charge in [-0.05, 0) is 18.2 Å². The molecule has 1 N–H and O–H groups in total. The third-order valence-corrected chi connectivity index (χ3v) is 4.28. The zero-order valence-corrected chi connectivity index (χ0v) is 14.8. The summed E-state index contributed by atoms with van der Waals surface area (Å²) in [5.74, 6) is -0.291. The van der Waals surface area contributed by atoms with Gasteiger partial charge in [-0.15, -0.1) is 11.8 Å². The van der Waals surface area contributed by atoms with E-state index in [9.17, 15) is 9.59 Å². The number of esters is 1. The maximum Gasteiger partial charge on any atom is 0.339 e. The topological polar surface area (TPSA) is 82.5 Å². The van der Waals surface area contributed by atoms with Crippen LogP contribution in [0.5, 0.6) is 0 Å². The van der Waals surface area contributed by atoms with E-state index in [0.29, 0.717) is 30.2 Å². The number of carbonyl (C=O) groups is 2. The van der Waals surface area contributed by atoms with E-state index < -0.39 is 5.97 Å². The number of rotatable bonds is 10. The highest BCUT2D eigenvalue weighted by molar-refractivity contribution is 8.00. The van der Waals surface area contributed by atoms with E-state index in [1.54, 1.807) is 42.4 Å². The summed E-state index contributed by atoms with van der Waals surface area (Å²) in [7, 11) is 1.58. The van der Waals surface area contributed by atoms with E-state index in [4.69, 9.17) is 9.47 Å². The number of nitrogens with one attached hydrogen (secondary N) is 1. The number of carbonyl (C=O) groups excluding carboxylic acids is 2. The number of methoxy groups -OCH3 is 1. The molecule has 0 aliphatic rings. The van der Waals surface area contributed by atoms with Crippen molar-refractivity contribution in [3.63, 3.8) is 0 Å². The van der Waals surface area contributed by atoms with Crippen LogP contribution in [0.15, 0.2) is 47.6 Å². The van der Waals surface area contributed by atoms with Gasteiger partial charge in [0, 0.05) is 30.9 Å². The molecule has 2 rings (SSSR count). The number of ether oxygens (including phenoxy) is 2. The summed E-state index contributed by atoms with van der Waals surface area (Å²) in [6.07, 6.45) is 3.48. The fourth-order valence-corrected chi connectivity index (χ4v) is 2.86. The van der Waals surface area contributed by atoms with Gasteiger partial charge in [-0.25, -0.2) is 4.79 Å². The monoisotopic (exact) mass is 363 g/mol. The molecule has 1 heterocycles. The predicted molar refractivity (Wildman–Crippen MR) is 94.6 cm³/mol. The van der Waals surface area contributed by atoms with E-state index in [2.05, 4.69) is 10.4 Å². The van der Waals surface area contributed by atoms with Crippen LogP contribution >= 0.6 is 11.8 Å². The van der Waals surface area contributed by atoms with Gasteiger partial charge in [0.15, 0.2) is 0 Å². The van der Waals surface area contributed by atoms with Gasteiger partial charge in [-0.2, -0.15) is 5.10 Å². The standard InChI is InChI=1S/C17H21N3O4S/c1-23-11-8-18-16(21)13-25-15-6-3-2-5-14(15)17(22)24-12-10-20-9-4-7-19-20/h2-7,9H,8,10-13H2,1H3,(H,18,21). The highest BCUT2D eigenvalue weighted by Crippen LogP contribution is 2.23. The van der Waals surface area contributed by atoms with Crippen molar-refractivity contribution in [1.82, 2.24) is 15.1 Å². The Morgan fingerprint density at radius 2 is 2.08 bits per heavy atom. The lowest BCUT2D eigenvalue weighted by Crippen LogP contribution is -2.28. The second-order valence-corrected chi connectivity index (χ2v) is 6.05. The molecule has 1 amide bonds. The summed E-state index contributed by atoms with van der Waals surface area (Å²) in [4.78, 5) is 24.7. The van der Waals surface area contributed by atoms with Crippen LogP contribution in [0.25, 0.3) is 0 Å². The smallest absolute Gasteiger partial charge is 0.339 e. The summed E-state index contributed by atoms with van der Waals surface area (Å²) in [5, 5.41) is 6.79. The molecule has 1 aromatic carbocycles. The normalized spacial score (nSPS) is 10.4. The van der Waals surface area contributed by atoms with Crippen LogP contribution in [0.1, 0.15) is 10.4 Å². The van der Waals surface area contributed by atoms with Gasteiger partial charge >= 0.3 is 5.97 Å². The summed E-state index contributed by atoms with van der Waals surface area (Å²) in [5.41, 5.74) is 0.456. The molecular formula is C17H21N3O4S. The summed E-state index contributed by atoms with van der Waals surface area (Å²) >= 11 is 1.30. The van der Waals surface area contributed by atoms with Gasteiger partial charge in [0.1, 0.15) is 6.61 Å². The average Bonchev–Trinajstić information content (AvgIpc) is 3.14. The summed E-state index contributed by atoms with van der Waals surface area (Å²) < 4.78 is 11.9. The summed E-state index contributed by atoms with van der Waals surface area (Å²) in [6, 6.07) is 8.91. The second kappa shape index (κ2) is 10.5. The highest BCUT2D eigenvalue weighted by atomic mass is 32.2. The molecule has 0 aliphatic heterocycles. The predicted octanol–water partition coefficient (Wildman–Crippen LogP) is 1.59. The molecule has 7 nitrogen and oxygen atoms in total. The Bertz CT molecular complexity index is 676. The Labute approximate surface area is 150 Å². The van der Waals surface area contributed by atoms with E-state index in [1.807, 2.05) is 12.1 Å². The molecule has 134 valence electrons. The number of hydrogen-bond acceptors (Lipinski definition) is 6. The second-order valence-electron chi connectivity index (χ2n) is 5.03. The minimum atomic E-state index is -0.407. The van der Waals surface area contributed by atoms with Gasteiger partial charge < -0.3 is 14.8 Å². The van der Waals surface area contributed by atoms with Gasteiger partial charge in [-0.1, -0.05) is 12.1 Å². The molecular weight excluding hydrogens is 342 g/mol. The lowest BCUT2D eigenvalue weighted by Gasteiger charge is -2.10. The Morgan fingerprint density at radius 3 is 2.84 bits per heavy atom. The van der Waals surface area contributed by atoms with E-state index in [0.717, 1.165) is 0 Å². The highest BCUT2D eigenvalue weighted by Gasteiger charge is 2.14. The quantitative estimate of drug-likeness (QED) is 0.392. The van der Waals surface area contributed by atoms with Crippen molar-refractivity contribution in [3.05, 3.63) is 48.3 Å². The fraction of sp³-hybridized carbons (Fsp3) is 0.353. The van der Waals surface area contributed by atoms with Crippen molar-refractivity contribution in [1.29, 1.82) is 0 Å². The molecule has 0 radical (unpaired) electrons. The SMILES string of the molecule is COCCNC(=O)CSc1ccccc1C(=O)OCCn1cccn1. The maximum atomic E-state index is 12.3. The van der Waals surface area contributed by atoms with Crippen molar-refractivity contribution < 1.29 is 19.1 Å². The number of aromatic nitrogens is 2. The van der Waals surface area contributed by atoms with E-state index in [1.165, 1.54) is 11.8 Å². The lowest BCUT2D eigenvalue weighted by molar-refractivity contribution is -0.118. The molecule has 0 saturated heterocycles. The average molecular weight is 363 g/mol. The molecule has 2 aromatic rings. The Balaban J connectivity index is 1.83. The van der Waals surface area contributed by atoms with Crippen molar-refractivity contribution in [2.24, 2.45) is 0 Å². The number of hydrogen-bond donors (Lipinski definition) is 1. The number of nitrogens with zero attached hydrogens (tertiary/aromatic N) is 2. The Hall–Kier alpha value is -2.32. The maximum absolute atomic E-state index is 12.3. The third kappa shape index (κ3) is 6.60. The zero-order valence-electron chi connectivity index (χ0n) is 14.0. The molecule has 0 spiro atoms. The van der Waals surface area contributed by atoms with Crippen LogP contribution in [0.4, 0.5) is 0 Å². The fourth-order valence-electron chi connectivity index (χ4n) is 1.99. The molecule has 0 fully saturated rings. The van der Waals surface area contributed by atoms with Crippen molar-refractivity contribution in [3.8, 4) is 0 Å². The first kappa shape index (κ1) is 19.0. The van der Waals surface area contributed by atoms with Crippen LogP contribution in [-0.4, -0.2) is 54.3 Å². The molecule has 0 aliphatic carbocycles. The first-order chi connectivity index (χ1) is 12.2. The van der Waals surface area contributed by atoms with Crippen molar-refractivity contribution in [2.45, 2.75) is 11.4 Å². The number of thioether (sulfide) groups is 1.